The molecule has 64 valence electrons. The van der Waals surface area contributed by atoms with Crippen LogP contribution in [0.25, 0.3) is 0 Å². The highest BCUT2D eigenvalue weighted by atomic mass is 16.3. The highest BCUT2D eigenvalue weighted by molar-refractivity contribution is 5.78. The first-order chi connectivity index (χ1) is 5.84. The van der Waals surface area contributed by atoms with Crippen LogP contribution in [0.3, 0.4) is 0 Å². The molecule has 0 aromatic carbocycles. The van der Waals surface area contributed by atoms with E-state index < -0.39 is 0 Å². The number of nitrogens with one attached hydrogen (secondary N) is 1. The summed E-state index contributed by atoms with van der Waals surface area (Å²) in [6.07, 6.45) is 5.89. The van der Waals surface area contributed by atoms with Gasteiger partial charge in [-0.25, -0.2) is 0 Å². The minimum atomic E-state index is 0.170. The molecular weight excluding hydrogens is 154 g/mol. The summed E-state index contributed by atoms with van der Waals surface area (Å²) in [6.45, 7) is 0. The molecule has 0 saturated carbocycles. The van der Waals surface area contributed by atoms with Crippen LogP contribution in [0.5, 0.6) is 0 Å². The zero-order valence-electron chi connectivity index (χ0n) is 6.75. The number of furan rings is 1. The van der Waals surface area contributed by atoms with Gasteiger partial charge in [0, 0.05) is 12.5 Å². The first-order valence-electron chi connectivity index (χ1n) is 4.15. The Bertz CT molecular complexity index is 266. The average Bonchev–Trinajstić information content (AvgIpc) is 2.63. The predicted molar refractivity (Wildman–Crippen MR) is 43.6 cm³/mol. The van der Waals surface area contributed by atoms with Crippen LogP contribution >= 0.6 is 0 Å². The Hall–Kier alpha value is -1.25. The van der Waals surface area contributed by atoms with Crippen molar-refractivity contribution >= 4 is 5.91 Å². The van der Waals surface area contributed by atoms with Crippen molar-refractivity contribution in [2.45, 2.75) is 25.3 Å². The Balaban J connectivity index is 1.92. The maximum atomic E-state index is 10.8. The van der Waals surface area contributed by atoms with Crippen LogP contribution < -0.4 is 5.32 Å². The van der Waals surface area contributed by atoms with E-state index in [4.69, 9.17) is 4.42 Å². The summed E-state index contributed by atoms with van der Waals surface area (Å²) in [5.74, 6) is 0.170. The summed E-state index contributed by atoms with van der Waals surface area (Å²) in [7, 11) is 0. The Kier molecular flexibility index (Phi) is 1.86. The van der Waals surface area contributed by atoms with E-state index in [-0.39, 0.29) is 5.91 Å². The molecule has 0 spiro atoms. The van der Waals surface area contributed by atoms with Crippen LogP contribution in [-0.4, -0.2) is 11.9 Å². The molecule has 1 fully saturated rings. The van der Waals surface area contributed by atoms with Crippen molar-refractivity contribution in [1.82, 2.24) is 5.32 Å². The lowest BCUT2D eigenvalue weighted by atomic mass is 10.1. The minimum absolute atomic E-state index is 0.170. The highest BCUT2D eigenvalue weighted by Crippen LogP contribution is 2.12. The second kappa shape index (κ2) is 3.01. The summed E-state index contributed by atoms with van der Waals surface area (Å²) < 4.78 is 4.94. The fourth-order valence-corrected chi connectivity index (χ4v) is 1.52. The van der Waals surface area contributed by atoms with Gasteiger partial charge >= 0.3 is 0 Å². The molecule has 1 unspecified atom stereocenters. The van der Waals surface area contributed by atoms with Crippen LogP contribution in [0.4, 0.5) is 0 Å². The van der Waals surface area contributed by atoms with Gasteiger partial charge in [-0.2, -0.15) is 0 Å². The topological polar surface area (TPSA) is 42.2 Å². The maximum Gasteiger partial charge on any atom is 0.220 e. The van der Waals surface area contributed by atoms with Crippen molar-refractivity contribution in [3.05, 3.63) is 24.2 Å². The van der Waals surface area contributed by atoms with Gasteiger partial charge in [0.2, 0.25) is 5.91 Å². The van der Waals surface area contributed by atoms with E-state index >= 15 is 0 Å². The number of rotatable bonds is 2. The van der Waals surface area contributed by atoms with Crippen LogP contribution in [0.2, 0.25) is 0 Å². The lowest BCUT2D eigenvalue weighted by molar-refractivity contribution is -0.119. The van der Waals surface area contributed by atoms with Gasteiger partial charge in [-0.15, -0.1) is 0 Å². The monoisotopic (exact) mass is 165 g/mol. The van der Waals surface area contributed by atoms with Crippen molar-refractivity contribution in [3.63, 3.8) is 0 Å². The SMILES string of the molecule is O=C1CCC(Cc2ccoc2)N1. The molecular formula is C9H11NO2. The summed E-state index contributed by atoms with van der Waals surface area (Å²) in [5, 5.41) is 2.91. The molecule has 0 radical (unpaired) electrons. The molecule has 2 heterocycles. The van der Waals surface area contributed by atoms with Crippen molar-refractivity contribution in [3.8, 4) is 0 Å². The van der Waals surface area contributed by atoms with E-state index in [2.05, 4.69) is 5.32 Å². The molecule has 3 nitrogen and oxygen atoms in total. The number of hydrogen-bond acceptors (Lipinski definition) is 2. The van der Waals surface area contributed by atoms with E-state index in [1.807, 2.05) is 6.07 Å². The predicted octanol–water partition coefficient (Wildman–Crippen LogP) is 1.10. The van der Waals surface area contributed by atoms with E-state index in [9.17, 15) is 4.79 Å². The molecule has 1 aliphatic rings. The van der Waals surface area contributed by atoms with Crippen molar-refractivity contribution < 1.29 is 9.21 Å². The number of carbonyl (C=O) groups is 1. The van der Waals surface area contributed by atoms with E-state index in [1.165, 1.54) is 0 Å². The molecule has 1 N–H and O–H groups in total. The van der Waals surface area contributed by atoms with Crippen molar-refractivity contribution in [1.29, 1.82) is 0 Å². The summed E-state index contributed by atoms with van der Waals surface area (Å²) in [5.41, 5.74) is 1.15. The average molecular weight is 165 g/mol. The second-order valence-electron chi connectivity index (χ2n) is 3.14. The third kappa shape index (κ3) is 1.49. The fraction of sp³-hybridized carbons (Fsp3) is 0.444. The van der Waals surface area contributed by atoms with E-state index in [0.29, 0.717) is 12.5 Å². The van der Waals surface area contributed by atoms with Crippen LogP contribution in [0.1, 0.15) is 18.4 Å². The lowest BCUT2D eigenvalue weighted by Crippen LogP contribution is -2.26. The maximum absolute atomic E-state index is 10.8. The van der Waals surface area contributed by atoms with Gasteiger partial charge in [-0.1, -0.05) is 0 Å². The number of hydrogen-bond donors (Lipinski definition) is 1. The van der Waals surface area contributed by atoms with E-state index in [0.717, 1.165) is 18.4 Å². The molecule has 3 heteroatoms. The smallest absolute Gasteiger partial charge is 0.220 e. The quantitative estimate of drug-likeness (QED) is 0.713. The molecule has 1 aromatic rings. The molecule has 1 atom stereocenters. The molecule has 0 aliphatic carbocycles. The van der Waals surface area contributed by atoms with Gasteiger partial charge in [0.05, 0.1) is 12.5 Å². The Labute approximate surface area is 70.8 Å². The van der Waals surface area contributed by atoms with Gasteiger partial charge in [0.1, 0.15) is 0 Å². The summed E-state index contributed by atoms with van der Waals surface area (Å²) in [6, 6.07) is 2.25. The number of carbonyl (C=O) groups excluding carboxylic acids is 1. The highest BCUT2D eigenvalue weighted by Gasteiger charge is 2.20. The zero-order valence-corrected chi connectivity index (χ0v) is 6.75. The normalized spacial score (nSPS) is 22.7. The molecule has 1 amide bonds. The number of amides is 1. The van der Waals surface area contributed by atoms with Crippen LogP contribution in [0, 0.1) is 0 Å². The van der Waals surface area contributed by atoms with Crippen LogP contribution in [-0.2, 0) is 11.2 Å². The standard InChI is InChI=1S/C9H11NO2/c11-9-2-1-8(10-9)5-7-3-4-12-6-7/h3-4,6,8H,1-2,5H2,(H,10,11). The molecule has 1 aliphatic heterocycles. The van der Waals surface area contributed by atoms with Gasteiger partial charge in [-0.3, -0.25) is 4.79 Å². The lowest BCUT2D eigenvalue weighted by Gasteiger charge is -2.06. The van der Waals surface area contributed by atoms with Crippen molar-refractivity contribution in [2.24, 2.45) is 0 Å². The van der Waals surface area contributed by atoms with Gasteiger partial charge in [0.25, 0.3) is 0 Å². The van der Waals surface area contributed by atoms with Gasteiger partial charge in [-0.05, 0) is 24.5 Å². The first-order valence-corrected chi connectivity index (χ1v) is 4.15. The Morgan fingerprint density at radius 1 is 1.67 bits per heavy atom. The summed E-state index contributed by atoms with van der Waals surface area (Å²) >= 11 is 0. The second-order valence-corrected chi connectivity index (χ2v) is 3.14. The fourth-order valence-electron chi connectivity index (χ4n) is 1.52. The van der Waals surface area contributed by atoms with Crippen molar-refractivity contribution in [2.75, 3.05) is 0 Å². The molecule has 2 rings (SSSR count). The Morgan fingerprint density at radius 2 is 2.58 bits per heavy atom. The molecule has 1 saturated heterocycles. The van der Waals surface area contributed by atoms with Gasteiger partial charge < -0.3 is 9.73 Å². The zero-order chi connectivity index (χ0) is 8.39. The summed E-state index contributed by atoms with van der Waals surface area (Å²) in [4.78, 5) is 10.8. The molecule has 12 heavy (non-hydrogen) atoms. The molecule has 1 aromatic heterocycles. The third-order valence-electron chi connectivity index (χ3n) is 2.15. The van der Waals surface area contributed by atoms with E-state index in [1.54, 1.807) is 12.5 Å². The third-order valence-corrected chi connectivity index (χ3v) is 2.15. The van der Waals surface area contributed by atoms with Crippen LogP contribution in [0.15, 0.2) is 23.0 Å². The minimum Gasteiger partial charge on any atom is -0.472 e. The Morgan fingerprint density at radius 3 is 3.17 bits per heavy atom. The first kappa shape index (κ1) is 7.40. The largest absolute Gasteiger partial charge is 0.472 e. The molecule has 0 bridgehead atoms. The van der Waals surface area contributed by atoms with Gasteiger partial charge in [0.15, 0.2) is 0 Å².